The van der Waals surface area contributed by atoms with Gasteiger partial charge in [-0.05, 0) is 58.9 Å². The van der Waals surface area contributed by atoms with Crippen LogP contribution in [0.1, 0.15) is 54.1 Å². The minimum atomic E-state index is -0.964. The first-order valence-corrected chi connectivity index (χ1v) is 12.9. The molecule has 0 aliphatic rings. The van der Waals surface area contributed by atoms with Crippen molar-refractivity contribution in [2.24, 2.45) is 5.73 Å². The second-order valence-electron chi connectivity index (χ2n) is 9.54. The van der Waals surface area contributed by atoms with E-state index in [2.05, 4.69) is 31.3 Å². The molecule has 0 saturated heterocycles. The number of hydrogen-bond donors (Lipinski definition) is 2. The summed E-state index contributed by atoms with van der Waals surface area (Å²) in [5.74, 6) is -0.448. The van der Waals surface area contributed by atoms with Gasteiger partial charge in [0.05, 0.1) is 26.9 Å². The highest BCUT2D eigenvalue weighted by molar-refractivity contribution is 5.98. The predicted molar refractivity (Wildman–Crippen MR) is 152 cm³/mol. The molecule has 9 nitrogen and oxygen atoms in total. The first-order valence-electron chi connectivity index (χ1n) is 12.9. The molecular formula is C31H36N2O7. The summed E-state index contributed by atoms with van der Waals surface area (Å²) < 4.78 is 21.3. The number of esters is 2. The standard InChI is InChI=1S/C31H36N2O7/c1-19(2)23-7-6-8-24(17-23)21-9-11-22(12-10-21)30(35)40-31(36)25(13-14-28(32)34)33-18-20-15-26(37-3)29(39-5)27(16-20)38-4/h6-12,15-17,19,25,33H,13-14,18H2,1-5H3,(H2,32,34)/t25-/m0/s1. The minimum Gasteiger partial charge on any atom is -0.493 e. The van der Waals surface area contributed by atoms with Crippen LogP contribution in [-0.2, 0) is 20.9 Å². The highest BCUT2D eigenvalue weighted by atomic mass is 16.6. The van der Waals surface area contributed by atoms with E-state index in [4.69, 9.17) is 24.7 Å². The average molecular weight is 549 g/mol. The third-order valence-electron chi connectivity index (χ3n) is 6.44. The molecule has 0 aromatic heterocycles. The SMILES string of the molecule is COc1cc(CN[C@@H](CCC(N)=O)C(=O)OC(=O)c2ccc(-c3cccc(C(C)C)c3)cc2)cc(OC)c1OC. The van der Waals surface area contributed by atoms with E-state index >= 15 is 0 Å². The van der Waals surface area contributed by atoms with E-state index in [0.717, 1.165) is 16.7 Å². The van der Waals surface area contributed by atoms with Crippen LogP contribution in [0.3, 0.4) is 0 Å². The van der Waals surface area contributed by atoms with E-state index in [-0.39, 0.29) is 24.9 Å². The van der Waals surface area contributed by atoms with Gasteiger partial charge in [0.1, 0.15) is 6.04 Å². The number of rotatable bonds is 13. The Morgan fingerprint density at radius 2 is 1.50 bits per heavy atom. The summed E-state index contributed by atoms with van der Waals surface area (Å²) in [5.41, 5.74) is 9.44. The number of methoxy groups -OCH3 is 3. The number of nitrogens with one attached hydrogen (secondary N) is 1. The van der Waals surface area contributed by atoms with E-state index in [1.807, 2.05) is 24.3 Å². The van der Waals surface area contributed by atoms with Gasteiger partial charge >= 0.3 is 11.9 Å². The molecule has 9 heteroatoms. The Balaban J connectivity index is 1.71. The zero-order chi connectivity index (χ0) is 29.2. The topological polar surface area (TPSA) is 126 Å². The van der Waals surface area contributed by atoms with Crippen molar-refractivity contribution in [3.63, 3.8) is 0 Å². The number of carbonyl (C=O) groups is 3. The Morgan fingerprint density at radius 3 is 2.05 bits per heavy atom. The fourth-order valence-corrected chi connectivity index (χ4v) is 4.17. The fourth-order valence-electron chi connectivity index (χ4n) is 4.17. The van der Waals surface area contributed by atoms with Crippen molar-refractivity contribution in [1.82, 2.24) is 5.32 Å². The maximum absolute atomic E-state index is 13.0. The molecular weight excluding hydrogens is 512 g/mol. The Bertz CT molecular complexity index is 1310. The van der Waals surface area contributed by atoms with Crippen LogP contribution in [0.25, 0.3) is 11.1 Å². The van der Waals surface area contributed by atoms with E-state index in [9.17, 15) is 14.4 Å². The summed E-state index contributed by atoms with van der Waals surface area (Å²) in [6.07, 6.45) is -0.0165. The first kappa shape index (κ1) is 30.2. The molecule has 0 heterocycles. The van der Waals surface area contributed by atoms with Crippen molar-refractivity contribution in [1.29, 1.82) is 0 Å². The molecule has 212 valence electrons. The molecule has 3 rings (SSSR count). The lowest BCUT2D eigenvalue weighted by atomic mass is 9.97. The minimum absolute atomic E-state index is 0.0526. The van der Waals surface area contributed by atoms with Crippen molar-refractivity contribution in [3.8, 4) is 28.4 Å². The van der Waals surface area contributed by atoms with Crippen LogP contribution in [0.5, 0.6) is 17.2 Å². The van der Waals surface area contributed by atoms with Crippen LogP contribution in [-0.4, -0.2) is 45.2 Å². The van der Waals surface area contributed by atoms with Crippen LogP contribution in [0.4, 0.5) is 0 Å². The predicted octanol–water partition coefficient (Wildman–Crippen LogP) is 4.61. The highest BCUT2D eigenvalue weighted by Crippen LogP contribution is 2.38. The zero-order valence-electron chi connectivity index (χ0n) is 23.5. The lowest BCUT2D eigenvalue weighted by Crippen LogP contribution is -2.39. The summed E-state index contributed by atoms with van der Waals surface area (Å²) in [7, 11) is 4.51. The van der Waals surface area contributed by atoms with Gasteiger partial charge in [0, 0.05) is 13.0 Å². The lowest BCUT2D eigenvalue weighted by molar-refractivity contribution is -0.140. The zero-order valence-corrected chi connectivity index (χ0v) is 23.5. The van der Waals surface area contributed by atoms with E-state index < -0.39 is 23.9 Å². The molecule has 0 saturated carbocycles. The third kappa shape index (κ3) is 7.83. The first-order chi connectivity index (χ1) is 19.2. The maximum Gasteiger partial charge on any atom is 0.345 e. The molecule has 0 bridgehead atoms. The van der Waals surface area contributed by atoms with Crippen molar-refractivity contribution in [2.45, 2.75) is 45.2 Å². The van der Waals surface area contributed by atoms with E-state index in [1.165, 1.54) is 26.9 Å². The van der Waals surface area contributed by atoms with Crippen LogP contribution in [0.2, 0.25) is 0 Å². The monoisotopic (exact) mass is 548 g/mol. The van der Waals surface area contributed by atoms with Gasteiger partial charge in [-0.1, -0.05) is 50.2 Å². The second kappa shape index (κ2) is 14.1. The molecule has 3 aromatic rings. The van der Waals surface area contributed by atoms with Crippen molar-refractivity contribution >= 4 is 17.8 Å². The van der Waals surface area contributed by atoms with E-state index in [0.29, 0.717) is 23.2 Å². The van der Waals surface area contributed by atoms with Gasteiger partial charge in [-0.2, -0.15) is 0 Å². The lowest BCUT2D eigenvalue weighted by Gasteiger charge is -2.18. The third-order valence-corrected chi connectivity index (χ3v) is 6.44. The molecule has 1 amide bonds. The van der Waals surface area contributed by atoms with Crippen LogP contribution < -0.4 is 25.3 Å². The molecule has 1 atom stereocenters. The Labute approximate surface area is 234 Å². The quantitative estimate of drug-likeness (QED) is 0.234. The summed E-state index contributed by atoms with van der Waals surface area (Å²) in [6, 6.07) is 17.6. The van der Waals surface area contributed by atoms with Gasteiger partial charge in [0.2, 0.25) is 11.7 Å². The van der Waals surface area contributed by atoms with Gasteiger partial charge in [-0.3, -0.25) is 4.79 Å². The molecule has 0 unspecified atom stereocenters. The smallest absolute Gasteiger partial charge is 0.345 e. The molecule has 3 N–H and O–H groups in total. The maximum atomic E-state index is 13.0. The van der Waals surface area contributed by atoms with Gasteiger partial charge < -0.3 is 30.0 Å². The summed E-state index contributed by atoms with van der Waals surface area (Å²) in [6.45, 7) is 4.45. The number of amides is 1. The Hall–Kier alpha value is -4.37. The van der Waals surface area contributed by atoms with Crippen molar-refractivity contribution < 1.29 is 33.3 Å². The van der Waals surface area contributed by atoms with Gasteiger partial charge in [-0.15, -0.1) is 0 Å². The molecule has 0 spiro atoms. The van der Waals surface area contributed by atoms with Crippen molar-refractivity contribution in [3.05, 3.63) is 77.4 Å². The molecule has 0 aliphatic heterocycles. The number of ether oxygens (including phenoxy) is 4. The normalized spacial score (nSPS) is 11.6. The molecule has 3 aromatic carbocycles. The summed E-state index contributed by atoms with van der Waals surface area (Å²) in [5, 5.41) is 3.05. The van der Waals surface area contributed by atoms with Gasteiger partial charge in [0.15, 0.2) is 11.5 Å². The number of hydrogen-bond acceptors (Lipinski definition) is 8. The highest BCUT2D eigenvalue weighted by Gasteiger charge is 2.24. The Kier molecular flexibility index (Phi) is 10.7. The number of primary amides is 1. The molecule has 40 heavy (non-hydrogen) atoms. The summed E-state index contributed by atoms with van der Waals surface area (Å²) in [4.78, 5) is 37.2. The van der Waals surface area contributed by atoms with Gasteiger partial charge in [-0.25, -0.2) is 9.59 Å². The molecule has 0 fully saturated rings. The second-order valence-corrected chi connectivity index (χ2v) is 9.54. The average Bonchev–Trinajstić information content (AvgIpc) is 2.96. The molecule has 0 aliphatic carbocycles. The fraction of sp³-hybridized carbons (Fsp3) is 0.323. The summed E-state index contributed by atoms with van der Waals surface area (Å²) >= 11 is 0. The number of benzene rings is 3. The largest absolute Gasteiger partial charge is 0.493 e. The van der Waals surface area contributed by atoms with Crippen LogP contribution in [0.15, 0.2) is 60.7 Å². The number of carbonyl (C=O) groups excluding carboxylic acids is 3. The van der Waals surface area contributed by atoms with E-state index in [1.54, 1.807) is 24.3 Å². The Morgan fingerprint density at radius 1 is 0.850 bits per heavy atom. The van der Waals surface area contributed by atoms with Crippen LogP contribution in [0, 0.1) is 0 Å². The number of nitrogens with two attached hydrogens (primary N) is 1. The van der Waals surface area contributed by atoms with Gasteiger partial charge in [0.25, 0.3) is 0 Å². The van der Waals surface area contributed by atoms with Crippen molar-refractivity contribution in [2.75, 3.05) is 21.3 Å². The molecule has 0 radical (unpaired) electrons. The van der Waals surface area contributed by atoms with Crippen LogP contribution >= 0.6 is 0 Å².